The van der Waals surface area contributed by atoms with E-state index in [1.165, 1.54) is 19.2 Å². The maximum atomic E-state index is 14.0. The minimum atomic E-state index is -1.16. The molecule has 3 N–H and O–H groups in total. The first-order valence-corrected chi connectivity index (χ1v) is 7.79. The minimum Gasteiger partial charge on any atom is -0.394 e. The third kappa shape index (κ3) is 4.41. The van der Waals surface area contributed by atoms with E-state index in [1.54, 1.807) is 6.07 Å². The molecule has 7 nitrogen and oxygen atoms in total. The van der Waals surface area contributed by atoms with Gasteiger partial charge in [0.2, 0.25) is 0 Å². The summed E-state index contributed by atoms with van der Waals surface area (Å²) in [5.41, 5.74) is 0.712. The van der Waals surface area contributed by atoms with Crippen LogP contribution in [-0.2, 0) is 11.9 Å². The van der Waals surface area contributed by atoms with Crippen LogP contribution in [0.3, 0.4) is 0 Å². The molecule has 0 aliphatic rings. The number of anilines is 2. The molecule has 0 fully saturated rings. The third-order valence-corrected chi connectivity index (χ3v) is 3.65. The monoisotopic (exact) mass is 417 g/mol. The molecule has 134 valence electrons. The lowest BCUT2D eigenvalue weighted by Gasteiger charge is -2.16. The van der Waals surface area contributed by atoms with Gasteiger partial charge >= 0.3 is 0 Å². The van der Waals surface area contributed by atoms with Gasteiger partial charge in [0.25, 0.3) is 11.5 Å². The molecule has 2 rings (SSSR count). The largest absolute Gasteiger partial charge is 0.394 e. The Balaban J connectivity index is 2.45. The summed E-state index contributed by atoms with van der Waals surface area (Å²) in [5, 5.41) is 11.2. The number of hydrogen-bond donors (Lipinski definition) is 3. The molecule has 0 aliphatic carbocycles. The van der Waals surface area contributed by atoms with Crippen molar-refractivity contribution in [3.63, 3.8) is 0 Å². The molecule has 0 saturated carbocycles. The SMILES string of the molecule is Cn1c(Nc2ccc(Br)cc2F)c(C(=O)NOCCO)cc(F)c1=O. The number of carbonyl (C=O) groups excluding carboxylic acids is 1. The number of pyridine rings is 1. The second-order valence-electron chi connectivity index (χ2n) is 4.87. The van der Waals surface area contributed by atoms with Crippen LogP contribution >= 0.6 is 15.9 Å². The van der Waals surface area contributed by atoms with Gasteiger partial charge in [-0.15, -0.1) is 0 Å². The number of benzene rings is 1. The highest BCUT2D eigenvalue weighted by Gasteiger charge is 2.20. The number of aromatic nitrogens is 1. The molecule has 2 aromatic rings. The summed E-state index contributed by atoms with van der Waals surface area (Å²) in [5.74, 6) is -2.80. The zero-order valence-electron chi connectivity index (χ0n) is 13.0. The lowest BCUT2D eigenvalue weighted by atomic mass is 10.2. The van der Waals surface area contributed by atoms with Crippen LogP contribution in [0.25, 0.3) is 0 Å². The Hall–Kier alpha value is -2.30. The highest BCUT2D eigenvalue weighted by atomic mass is 79.9. The highest BCUT2D eigenvalue weighted by molar-refractivity contribution is 9.10. The molecule has 1 aromatic carbocycles. The van der Waals surface area contributed by atoms with Crippen molar-refractivity contribution in [1.29, 1.82) is 0 Å². The number of amides is 1. The van der Waals surface area contributed by atoms with Crippen molar-refractivity contribution in [1.82, 2.24) is 10.0 Å². The Morgan fingerprint density at radius 1 is 1.32 bits per heavy atom. The first-order valence-electron chi connectivity index (χ1n) is 6.99. The average molecular weight is 418 g/mol. The molecule has 25 heavy (non-hydrogen) atoms. The van der Waals surface area contributed by atoms with Gasteiger partial charge in [-0.1, -0.05) is 15.9 Å². The molecule has 10 heteroatoms. The van der Waals surface area contributed by atoms with Gasteiger partial charge in [0.1, 0.15) is 11.6 Å². The zero-order valence-corrected chi connectivity index (χ0v) is 14.6. The Kier molecular flexibility index (Phi) is 6.23. The fourth-order valence-electron chi connectivity index (χ4n) is 1.96. The predicted octanol–water partition coefficient (Wildman–Crippen LogP) is 1.82. The summed E-state index contributed by atoms with van der Waals surface area (Å²) in [6, 6.07) is 4.85. The third-order valence-electron chi connectivity index (χ3n) is 3.16. The van der Waals surface area contributed by atoms with Gasteiger partial charge < -0.3 is 10.4 Å². The molecular formula is C15H14BrF2N3O4. The van der Waals surface area contributed by atoms with Crippen LogP contribution in [0.5, 0.6) is 0 Å². The summed E-state index contributed by atoms with van der Waals surface area (Å²) >= 11 is 3.12. The molecular weight excluding hydrogens is 404 g/mol. The van der Waals surface area contributed by atoms with Crippen LogP contribution in [0.4, 0.5) is 20.3 Å². The molecule has 0 radical (unpaired) electrons. The number of hydrogen-bond acceptors (Lipinski definition) is 5. The van der Waals surface area contributed by atoms with Gasteiger partial charge in [0.05, 0.1) is 24.5 Å². The Morgan fingerprint density at radius 3 is 2.68 bits per heavy atom. The van der Waals surface area contributed by atoms with E-state index in [4.69, 9.17) is 5.11 Å². The van der Waals surface area contributed by atoms with Gasteiger partial charge in [0.15, 0.2) is 5.82 Å². The first kappa shape index (κ1) is 19.0. The molecule has 0 unspecified atom stereocenters. The summed E-state index contributed by atoms with van der Waals surface area (Å²) in [6.07, 6.45) is 0. The fourth-order valence-corrected chi connectivity index (χ4v) is 2.29. The lowest BCUT2D eigenvalue weighted by molar-refractivity contribution is 0.0168. The number of aliphatic hydroxyl groups is 1. The number of hydroxylamine groups is 1. The van der Waals surface area contributed by atoms with Gasteiger partial charge in [-0.25, -0.2) is 14.3 Å². The average Bonchev–Trinajstić information content (AvgIpc) is 2.57. The number of aliphatic hydroxyl groups excluding tert-OH is 1. The van der Waals surface area contributed by atoms with E-state index >= 15 is 0 Å². The van der Waals surface area contributed by atoms with Crippen LogP contribution in [0.1, 0.15) is 10.4 Å². The first-order chi connectivity index (χ1) is 11.8. The quantitative estimate of drug-likeness (QED) is 0.492. The summed E-state index contributed by atoms with van der Waals surface area (Å²) < 4.78 is 29.1. The second kappa shape index (κ2) is 8.19. The number of nitrogens with one attached hydrogen (secondary N) is 2. The lowest BCUT2D eigenvalue weighted by Crippen LogP contribution is -2.30. The molecule has 1 aromatic heterocycles. The Morgan fingerprint density at radius 2 is 2.04 bits per heavy atom. The highest BCUT2D eigenvalue weighted by Crippen LogP contribution is 2.25. The van der Waals surface area contributed by atoms with E-state index in [9.17, 15) is 18.4 Å². The molecule has 0 bridgehead atoms. The topological polar surface area (TPSA) is 92.6 Å². The number of halogens is 3. The molecule has 0 aliphatic heterocycles. The number of nitrogens with zero attached hydrogens (tertiary/aromatic N) is 1. The van der Waals surface area contributed by atoms with Crippen molar-refractivity contribution < 1.29 is 23.5 Å². The van der Waals surface area contributed by atoms with E-state index in [2.05, 4.69) is 26.1 Å². The van der Waals surface area contributed by atoms with Gasteiger partial charge in [0, 0.05) is 11.5 Å². The molecule has 1 amide bonds. The molecule has 1 heterocycles. The number of carbonyl (C=O) groups is 1. The van der Waals surface area contributed by atoms with Crippen molar-refractivity contribution in [2.45, 2.75) is 0 Å². The summed E-state index contributed by atoms with van der Waals surface area (Å²) in [7, 11) is 1.23. The fraction of sp³-hybridized carbons (Fsp3) is 0.200. The van der Waals surface area contributed by atoms with Crippen LogP contribution in [-0.4, -0.2) is 28.8 Å². The van der Waals surface area contributed by atoms with E-state index in [-0.39, 0.29) is 30.3 Å². The second-order valence-corrected chi connectivity index (χ2v) is 5.79. The van der Waals surface area contributed by atoms with Crippen molar-refractivity contribution in [2.75, 3.05) is 18.5 Å². The maximum absolute atomic E-state index is 14.0. The van der Waals surface area contributed by atoms with E-state index < -0.39 is 23.1 Å². The zero-order chi connectivity index (χ0) is 18.6. The van der Waals surface area contributed by atoms with Crippen LogP contribution in [0.15, 0.2) is 33.5 Å². The van der Waals surface area contributed by atoms with Crippen molar-refractivity contribution in [3.05, 3.63) is 56.3 Å². The normalized spacial score (nSPS) is 10.6. The van der Waals surface area contributed by atoms with Gasteiger partial charge in [-0.05, 0) is 24.3 Å². The van der Waals surface area contributed by atoms with E-state index in [0.29, 0.717) is 4.47 Å². The van der Waals surface area contributed by atoms with Crippen molar-refractivity contribution in [3.8, 4) is 0 Å². The molecule has 0 spiro atoms. The molecule has 0 atom stereocenters. The predicted molar refractivity (Wildman–Crippen MR) is 89.5 cm³/mol. The van der Waals surface area contributed by atoms with Crippen LogP contribution in [0.2, 0.25) is 0 Å². The Labute approximate surface area is 149 Å². The summed E-state index contributed by atoms with van der Waals surface area (Å²) in [4.78, 5) is 28.6. The van der Waals surface area contributed by atoms with Crippen LogP contribution in [0, 0.1) is 11.6 Å². The number of rotatable bonds is 6. The smallest absolute Gasteiger partial charge is 0.287 e. The van der Waals surface area contributed by atoms with Crippen molar-refractivity contribution in [2.24, 2.45) is 7.05 Å². The van der Waals surface area contributed by atoms with E-state index in [0.717, 1.165) is 10.6 Å². The van der Waals surface area contributed by atoms with Crippen LogP contribution < -0.4 is 16.4 Å². The standard InChI is InChI=1S/C15H14BrF2N3O4/c1-21-13(19-12-3-2-8(16)6-10(12)17)9(7-11(18)15(21)24)14(23)20-25-5-4-22/h2-3,6-7,19,22H,4-5H2,1H3,(H,20,23). The van der Waals surface area contributed by atoms with Gasteiger partial charge in [-0.2, -0.15) is 0 Å². The maximum Gasteiger partial charge on any atom is 0.287 e. The minimum absolute atomic E-state index is 0.0184. The molecule has 0 saturated heterocycles. The van der Waals surface area contributed by atoms with Crippen molar-refractivity contribution >= 4 is 33.3 Å². The Bertz CT molecular complexity index is 857. The van der Waals surface area contributed by atoms with Gasteiger partial charge in [-0.3, -0.25) is 19.0 Å². The van der Waals surface area contributed by atoms with E-state index in [1.807, 2.05) is 5.48 Å². The summed E-state index contributed by atoms with van der Waals surface area (Å²) in [6.45, 7) is -0.513.